The fourth-order valence-electron chi connectivity index (χ4n) is 1.95. The second-order valence-corrected chi connectivity index (χ2v) is 5.58. The summed E-state index contributed by atoms with van der Waals surface area (Å²) in [6.07, 6.45) is 1.11. The number of carbonyl (C=O) groups excluding carboxylic acids is 1. The molecule has 6 heteroatoms. The molecule has 0 aliphatic rings. The smallest absolute Gasteiger partial charge is 0.251 e. The van der Waals surface area contributed by atoms with Crippen molar-refractivity contribution in [3.8, 4) is 0 Å². The highest BCUT2D eigenvalue weighted by molar-refractivity contribution is 14.0. The van der Waals surface area contributed by atoms with Gasteiger partial charge >= 0.3 is 0 Å². The van der Waals surface area contributed by atoms with Gasteiger partial charge in [0.25, 0.3) is 5.91 Å². The van der Waals surface area contributed by atoms with Gasteiger partial charge in [-0.25, -0.2) is 4.99 Å². The molecule has 0 spiro atoms. The maximum atomic E-state index is 11.6. The van der Waals surface area contributed by atoms with E-state index in [2.05, 4.69) is 34.8 Å². The van der Waals surface area contributed by atoms with Crippen LogP contribution in [0.1, 0.15) is 43.1 Å². The molecule has 0 aliphatic heterocycles. The van der Waals surface area contributed by atoms with E-state index in [4.69, 9.17) is 0 Å². The van der Waals surface area contributed by atoms with Crippen LogP contribution >= 0.6 is 24.0 Å². The van der Waals surface area contributed by atoms with Gasteiger partial charge < -0.3 is 16.0 Å². The zero-order chi connectivity index (χ0) is 16.4. The van der Waals surface area contributed by atoms with Crippen molar-refractivity contribution in [3.05, 3.63) is 35.4 Å². The maximum absolute atomic E-state index is 11.6. The molecule has 1 aromatic rings. The third-order valence-electron chi connectivity index (χ3n) is 3.19. The summed E-state index contributed by atoms with van der Waals surface area (Å²) in [5, 5.41) is 9.20. The Labute approximate surface area is 156 Å². The molecule has 0 atom stereocenters. The molecule has 0 saturated heterocycles. The standard InChI is InChI=1S/C17H28N4O.HI/c1-5-19-17(20-10-9-13(2)3)21-12-14-7-6-8-15(11-14)16(22)18-4;/h6-8,11,13H,5,9-10,12H2,1-4H3,(H,18,22)(H2,19,20,21);1H. The molecule has 0 fully saturated rings. The highest BCUT2D eigenvalue weighted by atomic mass is 127. The first-order valence-electron chi connectivity index (χ1n) is 7.90. The van der Waals surface area contributed by atoms with Crippen LogP contribution in [0.3, 0.4) is 0 Å². The molecule has 0 saturated carbocycles. The van der Waals surface area contributed by atoms with Gasteiger partial charge in [-0.05, 0) is 37.0 Å². The molecule has 0 radical (unpaired) electrons. The number of nitrogens with zero attached hydrogens (tertiary/aromatic N) is 1. The summed E-state index contributed by atoms with van der Waals surface area (Å²) in [7, 11) is 1.63. The number of carbonyl (C=O) groups is 1. The second-order valence-electron chi connectivity index (χ2n) is 5.58. The van der Waals surface area contributed by atoms with Crippen LogP contribution in [0.4, 0.5) is 0 Å². The summed E-state index contributed by atoms with van der Waals surface area (Å²) in [6, 6.07) is 7.54. The number of hydrogen-bond donors (Lipinski definition) is 3. The van der Waals surface area contributed by atoms with Crippen LogP contribution in [-0.2, 0) is 6.54 Å². The predicted octanol–water partition coefficient (Wildman–Crippen LogP) is 2.77. The molecule has 0 heterocycles. The monoisotopic (exact) mass is 432 g/mol. The number of rotatable bonds is 7. The van der Waals surface area contributed by atoms with E-state index in [0.29, 0.717) is 18.0 Å². The topological polar surface area (TPSA) is 65.5 Å². The molecule has 0 aliphatic carbocycles. The molecule has 23 heavy (non-hydrogen) atoms. The highest BCUT2D eigenvalue weighted by Gasteiger charge is 2.04. The van der Waals surface area contributed by atoms with E-state index in [0.717, 1.165) is 31.0 Å². The third-order valence-corrected chi connectivity index (χ3v) is 3.19. The van der Waals surface area contributed by atoms with E-state index in [9.17, 15) is 4.79 Å². The van der Waals surface area contributed by atoms with Gasteiger partial charge in [-0.2, -0.15) is 0 Å². The van der Waals surface area contributed by atoms with Gasteiger partial charge in [-0.3, -0.25) is 4.79 Å². The lowest BCUT2D eigenvalue weighted by atomic mass is 10.1. The first-order valence-corrected chi connectivity index (χ1v) is 7.90. The lowest BCUT2D eigenvalue weighted by molar-refractivity contribution is 0.0963. The lowest BCUT2D eigenvalue weighted by Gasteiger charge is -2.12. The molecule has 5 nitrogen and oxygen atoms in total. The second kappa shape index (κ2) is 12.2. The van der Waals surface area contributed by atoms with Gasteiger partial charge in [-0.15, -0.1) is 24.0 Å². The Morgan fingerprint density at radius 3 is 2.61 bits per heavy atom. The maximum Gasteiger partial charge on any atom is 0.251 e. The van der Waals surface area contributed by atoms with Gasteiger partial charge in [0.2, 0.25) is 0 Å². The Bertz CT molecular complexity index is 503. The Balaban J connectivity index is 0.00000484. The van der Waals surface area contributed by atoms with E-state index < -0.39 is 0 Å². The SMILES string of the molecule is CCNC(=NCc1cccc(C(=O)NC)c1)NCCC(C)C.I. The van der Waals surface area contributed by atoms with Crippen molar-refractivity contribution in [3.63, 3.8) is 0 Å². The number of nitrogens with one attached hydrogen (secondary N) is 3. The van der Waals surface area contributed by atoms with E-state index >= 15 is 0 Å². The van der Waals surface area contributed by atoms with Gasteiger partial charge in [0.15, 0.2) is 5.96 Å². The van der Waals surface area contributed by atoms with Crippen LogP contribution in [0.25, 0.3) is 0 Å². The van der Waals surface area contributed by atoms with E-state index in [-0.39, 0.29) is 29.9 Å². The molecule has 1 rings (SSSR count). The third kappa shape index (κ3) is 8.78. The summed E-state index contributed by atoms with van der Waals surface area (Å²) >= 11 is 0. The van der Waals surface area contributed by atoms with Crippen LogP contribution in [-0.4, -0.2) is 32.0 Å². The minimum atomic E-state index is -0.0761. The van der Waals surface area contributed by atoms with Gasteiger partial charge in [0.05, 0.1) is 6.54 Å². The molecule has 0 bridgehead atoms. The zero-order valence-electron chi connectivity index (χ0n) is 14.5. The summed E-state index contributed by atoms with van der Waals surface area (Å²) in [6.45, 7) is 8.73. The molecule has 0 aromatic heterocycles. The average molecular weight is 432 g/mol. The summed E-state index contributed by atoms with van der Waals surface area (Å²) in [5.74, 6) is 1.40. The average Bonchev–Trinajstić information content (AvgIpc) is 2.51. The van der Waals surface area contributed by atoms with Crippen LogP contribution < -0.4 is 16.0 Å². The molecule has 3 N–H and O–H groups in total. The normalized spacial score (nSPS) is 10.9. The number of amides is 1. The van der Waals surface area contributed by atoms with Crippen molar-refractivity contribution in [1.82, 2.24) is 16.0 Å². The first kappa shape index (κ1) is 21.7. The largest absolute Gasteiger partial charge is 0.357 e. The summed E-state index contributed by atoms with van der Waals surface area (Å²) in [4.78, 5) is 16.2. The van der Waals surface area contributed by atoms with Crippen molar-refractivity contribution in [1.29, 1.82) is 0 Å². The summed E-state index contributed by atoms with van der Waals surface area (Å²) in [5.41, 5.74) is 1.68. The van der Waals surface area contributed by atoms with Gasteiger partial charge in [0.1, 0.15) is 0 Å². The fraction of sp³-hybridized carbons (Fsp3) is 0.529. The van der Waals surface area contributed by atoms with Crippen molar-refractivity contribution < 1.29 is 4.79 Å². The van der Waals surface area contributed by atoms with Crippen molar-refractivity contribution in [2.45, 2.75) is 33.7 Å². The summed E-state index contributed by atoms with van der Waals surface area (Å²) < 4.78 is 0. The Morgan fingerprint density at radius 2 is 2.00 bits per heavy atom. The minimum Gasteiger partial charge on any atom is -0.357 e. The van der Waals surface area contributed by atoms with E-state index in [1.807, 2.05) is 25.1 Å². The zero-order valence-corrected chi connectivity index (χ0v) is 16.8. The quantitative estimate of drug-likeness (QED) is 0.353. The van der Waals surface area contributed by atoms with Gasteiger partial charge in [-0.1, -0.05) is 26.0 Å². The fourth-order valence-corrected chi connectivity index (χ4v) is 1.95. The van der Waals surface area contributed by atoms with Crippen LogP contribution in [0.2, 0.25) is 0 Å². The molecule has 130 valence electrons. The Kier molecular flexibility index (Phi) is 11.5. The van der Waals surface area contributed by atoms with E-state index in [1.54, 1.807) is 13.1 Å². The number of hydrogen-bond acceptors (Lipinski definition) is 2. The predicted molar refractivity (Wildman–Crippen MR) is 108 cm³/mol. The first-order chi connectivity index (χ1) is 10.6. The molecule has 0 unspecified atom stereocenters. The molecule has 1 amide bonds. The molecule has 1 aromatic carbocycles. The highest BCUT2D eigenvalue weighted by Crippen LogP contribution is 2.06. The number of guanidine groups is 1. The minimum absolute atomic E-state index is 0. The van der Waals surface area contributed by atoms with Crippen LogP contribution in [0, 0.1) is 5.92 Å². The van der Waals surface area contributed by atoms with E-state index in [1.165, 1.54) is 0 Å². The lowest BCUT2D eigenvalue weighted by Crippen LogP contribution is -2.38. The van der Waals surface area contributed by atoms with Crippen LogP contribution in [0.5, 0.6) is 0 Å². The Morgan fingerprint density at radius 1 is 1.26 bits per heavy atom. The van der Waals surface area contributed by atoms with Crippen molar-refractivity contribution in [2.24, 2.45) is 10.9 Å². The molecular formula is C17H29IN4O. The number of halogens is 1. The van der Waals surface area contributed by atoms with Crippen molar-refractivity contribution in [2.75, 3.05) is 20.1 Å². The number of aliphatic imine (C=N–C) groups is 1. The van der Waals surface area contributed by atoms with Gasteiger partial charge in [0, 0.05) is 25.7 Å². The van der Waals surface area contributed by atoms with Crippen LogP contribution in [0.15, 0.2) is 29.3 Å². The Hall–Kier alpha value is -1.31. The number of benzene rings is 1. The van der Waals surface area contributed by atoms with Crippen molar-refractivity contribution >= 4 is 35.8 Å². The molecular weight excluding hydrogens is 403 g/mol.